The van der Waals surface area contributed by atoms with Crippen molar-refractivity contribution in [3.63, 3.8) is 0 Å². The van der Waals surface area contributed by atoms with Crippen LogP contribution in [0.3, 0.4) is 0 Å². The predicted octanol–water partition coefficient (Wildman–Crippen LogP) is 23.7. The van der Waals surface area contributed by atoms with Crippen LogP contribution in [0.5, 0.6) is 0 Å². The molecule has 2 aromatic heterocycles. The quantitative estimate of drug-likeness (QED) is 0.130. The predicted molar refractivity (Wildman–Crippen MR) is 473 cm³/mol. The molecule has 16 aromatic carbocycles. The highest BCUT2D eigenvalue weighted by Crippen LogP contribution is 2.59. The van der Waals surface area contributed by atoms with E-state index < -0.39 is 17.9 Å². The second-order valence-electron chi connectivity index (χ2n) is 31.5. The van der Waals surface area contributed by atoms with E-state index >= 15 is 0 Å². The highest BCUT2D eigenvalue weighted by Gasteiger charge is 2.48. The summed E-state index contributed by atoms with van der Waals surface area (Å²) < 4.78 is 0. The smallest absolute Gasteiger partial charge is 0.423 e. The Hall–Kier alpha value is -13.7. The first-order chi connectivity index (χ1) is 56.7. The fourth-order valence-electron chi connectivity index (χ4n) is 18.9. The molecule has 0 atom stereocenters. The first-order valence-electron chi connectivity index (χ1n) is 39.5. The molecule has 0 unspecified atom stereocenters. The molecule has 2 N–H and O–H groups in total. The number of nitrogens with zero attached hydrogens (tertiary/aromatic N) is 6. The van der Waals surface area contributed by atoms with Gasteiger partial charge in [0.2, 0.25) is 5.28 Å². The van der Waals surface area contributed by atoms with Gasteiger partial charge in [-0.15, -0.1) is 0 Å². The zero-order chi connectivity index (χ0) is 78.4. The Balaban J connectivity index is 0.000000126. The SMILES string of the molecule is CC1(C)c2ccccc2-c2ccc(-c3nc(-c4ccc5c(c4)C(c4ccccc4)(c4ccccc4)c4ccccc4-5)nc(-c4ccc5ccccc5c4)n3)cc21.CC1(C)c2ccccc2-c2ccc(B(O)O)cc21.Clc1nc(-c2ccc3c(c2)C(c2ccccc2)(c2ccccc2)c2ccccc2-3)nc(-c2ccc3ccccc3c2)n1. The zero-order valence-corrected chi connectivity index (χ0v) is 65.1. The van der Waals surface area contributed by atoms with Gasteiger partial charge in [0.25, 0.3) is 0 Å². The molecule has 22 rings (SSSR count). The fraction of sp³-hybridized carbons (Fsp3) is 0.0755. The molecule has 0 bridgehead atoms. The second-order valence-corrected chi connectivity index (χ2v) is 31.9. The Morgan fingerprint density at radius 2 is 0.483 bits per heavy atom. The summed E-state index contributed by atoms with van der Waals surface area (Å²) in [6.07, 6.45) is 0. The van der Waals surface area contributed by atoms with Gasteiger partial charge in [-0.2, -0.15) is 9.97 Å². The van der Waals surface area contributed by atoms with Gasteiger partial charge in [0.05, 0.1) is 10.8 Å². The van der Waals surface area contributed by atoms with Crippen molar-refractivity contribution in [2.75, 3.05) is 0 Å². The third-order valence-electron chi connectivity index (χ3n) is 24.4. The van der Waals surface area contributed by atoms with Gasteiger partial charge >= 0.3 is 7.12 Å². The van der Waals surface area contributed by atoms with E-state index in [9.17, 15) is 10.0 Å². The van der Waals surface area contributed by atoms with Crippen molar-refractivity contribution in [1.82, 2.24) is 29.9 Å². The molecule has 4 aliphatic rings. The monoisotopic (exact) mass is 1510 g/mol. The molecule has 8 nitrogen and oxygen atoms in total. The van der Waals surface area contributed by atoms with Crippen molar-refractivity contribution in [1.29, 1.82) is 0 Å². The van der Waals surface area contributed by atoms with E-state index in [4.69, 9.17) is 31.5 Å². The maximum absolute atomic E-state index is 9.30. The molecule has 10 heteroatoms. The Morgan fingerprint density at radius 1 is 0.224 bits per heavy atom. The number of benzene rings is 16. The minimum Gasteiger partial charge on any atom is -0.423 e. The summed E-state index contributed by atoms with van der Waals surface area (Å²) in [5.74, 6) is 3.06. The molecule has 2 heterocycles. The number of halogens is 1. The lowest BCUT2D eigenvalue weighted by molar-refractivity contribution is 0.425. The van der Waals surface area contributed by atoms with Crippen molar-refractivity contribution >= 4 is 45.7 Å². The highest BCUT2D eigenvalue weighted by molar-refractivity contribution is 6.58. The van der Waals surface area contributed by atoms with Crippen LogP contribution in [-0.2, 0) is 21.7 Å². The number of fused-ring (bicyclic) bond motifs is 14. The van der Waals surface area contributed by atoms with E-state index in [1.807, 2.05) is 42.5 Å². The second kappa shape index (κ2) is 28.5. The third-order valence-corrected chi connectivity index (χ3v) is 24.6. The van der Waals surface area contributed by atoms with E-state index in [0.717, 1.165) is 49.5 Å². The van der Waals surface area contributed by atoms with Crippen molar-refractivity contribution in [3.8, 4) is 101 Å². The lowest BCUT2D eigenvalue weighted by Gasteiger charge is -2.34. The fourth-order valence-corrected chi connectivity index (χ4v) is 19.1. The van der Waals surface area contributed by atoms with Gasteiger partial charge in [-0.3, -0.25) is 0 Å². The van der Waals surface area contributed by atoms with E-state index in [1.165, 1.54) is 111 Å². The van der Waals surface area contributed by atoms with Crippen LogP contribution in [-0.4, -0.2) is 47.1 Å². The molecule has 0 radical (unpaired) electrons. The molecule has 0 aliphatic heterocycles. The van der Waals surface area contributed by atoms with Gasteiger partial charge in [0.15, 0.2) is 29.1 Å². The van der Waals surface area contributed by atoms with Crippen LogP contribution in [0.4, 0.5) is 0 Å². The standard InChI is InChI=1S/C53H37N3.C38H24ClN3.C15H15BO2/c1-52(2)45-23-13-11-21-41(45)43-29-27-37(32-47(43)52)50-54-49(36-26-25-34-15-9-10-16-35(34)31-36)55-51(56-50)38-28-30-44-42-22-12-14-24-46(42)53(48(44)33-38,39-17-5-3-6-18-39)40-19-7-4-8-20-40;39-37-41-35(27-20-19-25-11-7-8-12-26(25)23-27)40-36(42-37)28-21-22-32-31-17-9-10-18-33(31)38(34(32)24-28,29-13-3-1-4-14-29)30-15-5-2-6-16-30;1-15(2)13-6-4-3-5-11(13)12-8-7-10(16(17)18)9-14(12)15/h3-33H,1-2H3;1-24H;3-9,17-18H,1-2H3. The van der Waals surface area contributed by atoms with Crippen molar-refractivity contribution in [2.45, 2.75) is 49.4 Å². The minimum absolute atomic E-state index is 0.0865. The van der Waals surface area contributed by atoms with Crippen LogP contribution < -0.4 is 5.46 Å². The average Bonchev–Trinajstić information content (AvgIpc) is 1.54. The summed E-state index contributed by atoms with van der Waals surface area (Å²) >= 11 is 6.54. The van der Waals surface area contributed by atoms with Crippen LogP contribution in [0.25, 0.3) is 123 Å². The van der Waals surface area contributed by atoms with Crippen LogP contribution in [0, 0.1) is 0 Å². The Bertz CT molecular complexity index is 6830. The maximum atomic E-state index is 9.30. The lowest BCUT2D eigenvalue weighted by atomic mass is 9.67. The summed E-state index contributed by atoms with van der Waals surface area (Å²) in [7, 11) is -1.41. The van der Waals surface area contributed by atoms with Crippen molar-refractivity contribution in [3.05, 3.63) is 448 Å². The molecule has 0 fully saturated rings. The molecule has 0 saturated heterocycles. The van der Waals surface area contributed by atoms with E-state index in [-0.39, 0.29) is 16.1 Å². The van der Waals surface area contributed by atoms with Crippen molar-refractivity contribution in [2.24, 2.45) is 0 Å². The van der Waals surface area contributed by atoms with Gasteiger partial charge in [0.1, 0.15) is 0 Å². The first kappa shape index (κ1) is 71.4. The van der Waals surface area contributed by atoms with E-state index in [2.05, 4.69) is 365 Å². The molecule has 0 amide bonds. The number of aromatic nitrogens is 6. The molecule has 18 aromatic rings. The Labute approximate surface area is 680 Å². The minimum atomic E-state index is -1.41. The molecular weight excluding hydrogens is 1440 g/mol. The molecular formula is C106H76BClN6O2. The van der Waals surface area contributed by atoms with Crippen molar-refractivity contribution < 1.29 is 10.0 Å². The summed E-state index contributed by atoms with van der Waals surface area (Å²) in [6.45, 7) is 8.97. The first-order valence-corrected chi connectivity index (χ1v) is 39.8. The Morgan fingerprint density at radius 3 is 0.853 bits per heavy atom. The highest BCUT2D eigenvalue weighted by atomic mass is 35.5. The van der Waals surface area contributed by atoms with Gasteiger partial charge < -0.3 is 10.0 Å². The summed E-state index contributed by atoms with van der Waals surface area (Å²) in [4.78, 5) is 29.9. The number of hydrogen-bond donors (Lipinski definition) is 2. The molecule has 0 saturated carbocycles. The average molecular weight is 1510 g/mol. The summed E-state index contributed by atoms with van der Waals surface area (Å²) in [6, 6.07) is 133. The Kier molecular flexibility index (Phi) is 17.5. The normalized spacial score (nSPS) is 13.9. The van der Waals surface area contributed by atoms with Gasteiger partial charge in [0, 0.05) is 38.6 Å². The van der Waals surface area contributed by atoms with Crippen LogP contribution in [0.1, 0.15) is 94.5 Å². The molecule has 0 spiro atoms. The van der Waals surface area contributed by atoms with Crippen LogP contribution in [0.2, 0.25) is 5.28 Å². The van der Waals surface area contributed by atoms with Gasteiger partial charge in [-0.05, 0) is 180 Å². The maximum Gasteiger partial charge on any atom is 0.488 e. The van der Waals surface area contributed by atoms with Crippen LogP contribution >= 0.6 is 11.6 Å². The summed E-state index contributed by atoms with van der Waals surface area (Å²) in [5.41, 5.74) is 28.8. The van der Waals surface area contributed by atoms with E-state index in [0.29, 0.717) is 34.6 Å². The van der Waals surface area contributed by atoms with Gasteiger partial charge in [-0.25, -0.2) is 19.9 Å². The molecule has 4 aliphatic carbocycles. The molecule has 116 heavy (non-hydrogen) atoms. The lowest BCUT2D eigenvalue weighted by Crippen LogP contribution is -2.31. The van der Waals surface area contributed by atoms with Gasteiger partial charge in [-0.1, -0.05) is 373 Å². The topological polar surface area (TPSA) is 118 Å². The molecule has 552 valence electrons. The summed E-state index contributed by atoms with van der Waals surface area (Å²) in [5, 5.41) is 23.4. The third kappa shape index (κ3) is 11.7. The zero-order valence-electron chi connectivity index (χ0n) is 64.3. The number of hydrogen-bond acceptors (Lipinski definition) is 8. The van der Waals surface area contributed by atoms with E-state index in [1.54, 1.807) is 6.07 Å². The van der Waals surface area contributed by atoms with Crippen LogP contribution in [0.15, 0.2) is 376 Å². The number of rotatable bonds is 10. The largest absolute Gasteiger partial charge is 0.488 e.